The monoisotopic (exact) mass is 265 g/mol. The summed E-state index contributed by atoms with van der Waals surface area (Å²) < 4.78 is 10.6. The molecule has 0 spiro atoms. The van der Waals surface area contributed by atoms with Crippen LogP contribution in [0.5, 0.6) is 11.5 Å². The van der Waals surface area contributed by atoms with Crippen molar-refractivity contribution < 1.29 is 9.47 Å². The third-order valence-electron chi connectivity index (χ3n) is 3.18. The second-order valence-corrected chi connectivity index (χ2v) is 4.51. The Hall–Kier alpha value is -2.82. The SMILES string of the molecule is C(=Nc1ccc2[nH]ncc2c1)c1ccc2c(c1)OCO2. The highest BCUT2D eigenvalue weighted by atomic mass is 16.7. The number of nitrogens with zero attached hydrogens (tertiary/aromatic N) is 2. The molecular weight excluding hydrogens is 254 g/mol. The lowest BCUT2D eigenvalue weighted by Crippen LogP contribution is -1.92. The molecule has 0 fully saturated rings. The van der Waals surface area contributed by atoms with E-state index in [0.717, 1.165) is 33.7 Å². The van der Waals surface area contributed by atoms with Crippen LogP contribution in [0.1, 0.15) is 5.56 Å². The first-order chi connectivity index (χ1) is 9.88. The van der Waals surface area contributed by atoms with Gasteiger partial charge in [0.25, 0.3) is 0 Å². The molecule has 0 saturated heterocycles. The molecule has 0 saturated carbocycles. The number of aliphatic imine (C=N–C) groups is 1. The van der Waals surface area contributed by atoms with Crippen LogP contribution in [0.25, 0.3) is 10.9 Å². The lowest BCUT2D eigenvalue weighted by atomic mass is 10.2. The fourth-order valence-electron chi connectivity index (χ4n) is 2.15. The van der Waals surface area contributed by atoms with Gasteiger partial charge in [0, 0.05) is 11.6 Å². The molecule has 2 aromatic carbocycles. The zero-order valence-electron chi connectivity index (χ0n) is 10.5. The first kappa shape index (κ1) is 11.0. The molecule has 20 heavy (non-hydrogen) atoms. The van der Waals surface area contributed by atoms with Crippen molar-refractivity contribution in [2.24, 2.45) is 4.99 Å². The number of H-pyrrole nitrogens is 1. The average Bonchev–Trinajstić information content (AvgIpc) is 3.12. The first-order valence-corrected chi connectivity index (χ1v) is 6.25. The van der Waals surface area contributed by atoms with E-state index in [4.69, 9.17) is 9.47 Å². The fourth-order valence-corrected chi connectivity index (χ4v) is 2.15. The number of benzene rings is 2. The number of ether oxygens (including phenoxy) is 2. The second-order valence-electron chi connectivity index (χ2n) is 4.51. The normalized spacial score (nSPS) is 13.4. The summed E-state index contributed by atoms with van der Waals surface area (Å²) in [7, 11) is 0. The van der Waals surface area contributed by atoms with Crippen molar-refractivity contribution in [2.75, 3.05) is 6.79 Å². The van der Waals surface area contributed by atoms with E-state index in [9.17, 15) is 0 Å². The molecular formula is C15H11N3O2. The highest BCUT2D eigenvalue weighted by Crippen LogP contribution is 2.32. The third-order valence-corrected chi connectivity index (χ3v) is 3.18. The fraction of sp³-hybridized carbons (Fsp3) is 0.0667. The molecule has 1 N–H and O–H groups in total. The second kappa shape index (κ2) is 4.38. The Bertz CT molecular complexity index is 808. The summed E-state index contributed by atoms with van der Waals surface area (Å²) >= 11 is 0. The summed E-state index contributed by atoms with van der Waals surface area (Å²) in [4.78, 5) is 4.47. The number of fused-ring (bicyclic) bond motifs is 2. The number of aromatic nitrogens is 2. The van der Waals surface area contributed by atoms with Crippen LogP contribution in [-0.4, -0.2) is 23.2 Å². The Labute approximate surface area is 114 Å². The molecule has 5 nitrogen and oxygen atoms in total. The molecule has 0 unspecified atom stereocenters. The molecule has 5 heteroatoms. The molecule has 0 atom stereocenters. The number of hydrogen-bond acceptors (Lipinski definition) is 4. The highest BCUT2D eigenvalue weighted by Gasteiger charge is 2.12. The number of hydrogen-bond donors (Lipinski definition) is 1. The lowest BCUT2D eigenvalue weighted by molar-refractivity contribution is 0.174. The van der Waals surface area contributed by atoms with E-state index in [-0.39, 0.29) is 6.79 Å². The largest absolute Gasteiger partial charge is 0.454 e. The van der Waals surface area contributed by atoms with Crippen LogP contribution in [0.15, 0.2) is 47.6 Å². The van der Waals surface area contributed by atoms with Gasteiger partial charge in [-0.05, 0) is 42.0 Å². The Kier molecular flexibility index (Phi) is 2.42. The van der Waals surface area contributed by atoms with Crippen molar-refractivity contribution in [3.63, 3.8) is 0 Å². The molecule has 0 bridgehead atoms. The van der Waals surface area contributed by atoms with E-state index in [1.165, 1.54) is 0 Å². The third kappa shape index (κ3) is 1.89. The summed E-state index contributed by atoms with van der Waals surface area (Å²) in [6, 6.07) is 11.7. The molecule has 0 radical (unpaired) electrons. The highest BCUT2D eigenvalue weighted by molar-refractivity contribution is 5.86. The molecule has 1 aliphatic rings. The van der Waals surface area contributed by atoms with E-state index in [1.807, 2.05) is 42.6 Å². The summed E-state index contributed by atoms with van der Waals surface area (Å²) in [5, 5.41) is 7.96. The van der Waals surface area contributed by atoms with Crippen LogP contribution >= 0.6 is 0 Å². The minimum absolute atomic E-state index is 0.285. The number of rotatable bonds is 2. The van der Waals surface area contributed by atoms with E-state index in [2.05, 4.69) is 15.2 Å². The molecule has 0 aliphatic carbocycles. The molecule has 1 aromatic heterocycles. The van der Waals surface area contributed by atoms with Crippen molar-refractivity contribution >= 4 is 22.8 Å². The van der Waals surface area contributed by atoms with Crippen molar-refractivity contribution in [1.29, 1.82) is 0 Å². The van der Waals surface area contributed by atoms with Crippen LogP contribution < -0.4 is 9.47 Å². The predicted molar refractivity (Wildman–Crippen MR) is 75.9 cm³/mol. The van der Waals surface area contributed by atoms with Crippen LogP contribution in [0, 0.1) is 0 Å². The maximum Gasteiger partial charge on any atom is 0.231 e. The minimum Gasteiger partial charge on any atom is -0.454 e. The zero-order valence-corrected chi connectivity index (χ0v) is 10.5. The van der Waals surface area contributed by atoms with Crippen molar-refractivity contribution in [2.45, 2.75) is 0 Å². The Balaban J connectivity index is 1.64. The van der Waals surface area contributed by atoms with Gasteiger partial charge in [0.05, 0.1) is 17.4 Å². The van der Waals surface area contributed by atoms with Crippen LogP contribution in [-0.2, 0) is 0 Å². The first-order valence-electron chi connectivity index (χ1n) is 6.25. The maximum atomic E-state index is 5.34. The van der Waals surface area contributed by atoms with E-state index >= 15 is 0 Å². The van der Waals surface area contributed by atoms with Crippen LogP contribution in [0.4, 0.5) is 5.69 Å². The molecule has 1 aliphatic heterocycles. The smallest absolute Gasteiger partial charge is 0.231 e. The van der Waals surface area contributed by atoms with Crippen molar-refractivity contribution in [1.82, 2.24) is 10.2 Å². The van der Waals surface area contributed by atoms with Crippen LogP contribution in [0.2, 0.25) is 0 Å². The summed E-state index contributed by atoms with van der Waals surface area (Å²) in [5.41, 5.74) is 2.87. The molecule has 98 valence electrons. The molecule has 4 rings (SSSR count). The van der Waals surface area contributed by atoms with Crippen LogP contribution in [0.3, 0.4) is 0 Å². The van der Waals surface area contributed by atoms with Gasteiger partial charge in [-0.1, -0.05) is 0 Å². The van der Waals surface area contributed by atoms with E-state index in [1.54, 1.807) is 6.20 Å². The van der Waals surface area contributed by atoms with E-state index in [0.29, 0.717) is 0 Å². The van der Waals surface area contributed by atoms with Gasteiger partial charge < -0.3 is 9.47 Å². The van der Waals surface area contributed by atoms with Crippen molar-refractivity contribution in [3.05, 3.63) is 48.2 Å². The summed E-state index contributed by atoms with van der Waals surface area (Å²) in [5.74, 6) is 1.54. The predicted octanol–water partition coefficient (Wildman–Crippen LogP) is 3.04. The van der Waals surface area contributed by atoms with Crippen molar-refractivity contribution in [3.8, 4) is 11.5 Å². The van der Waals surface area contributed by atoms with Gasteiger partial charge in [0.2, 0.25) is 6.79 Å². The maximum absolute atomic E-state index is 5.34. The summed E-state index contributed by atoms with van der Waals surface area (Å²) in [6.45, 7) is 0.285. The van der Waals surface area contributed by atoms with Gasteiger partial charge in [0.1, 0.15) is 0 Å². The van der Waals surface area contributed by atoms with Gasteiger partial charge in [-0.15, -0.1) is 0 Å². The molecule has 2 heterocycles. The molecule has 0 amide bonds. The van der Waals surface area contributed by atoms with Gasteiger partial charge in [-0.25, -0.2) is 0 Å². The standard InChI is InChI=1S/C15H11N3O2/c1-4-14-15(20-9-19-14)5-10(1)7-16-12-2-3-13-11(6-12)8-17-18-13/h1-8H,9H2,(H,17,18). The van der Waals surface area contributed by atoms with Gasteiger partial charge in [-0.3, -0.25) is 10.1 Å². The lowest BCUT2D eigenvalue weighted by Gasteiger charge is -1.98. The van der Waals surface area contributed by atoms with Gasteiger partial charge in [0.15, 0.2) is 11.5 Å². The Morgan fingerprint density at radius 3 is 3.05 bits per heavy atom. The number of aromatic amines is 1. The quantitative estimate of drug-likeness (QED) is 0.724. The van der Waals surface area contributed by atoms with Gasteiger partial charge in [-0.2, -0.15) is 5.10 Å². The Morgan fingerprint density at radius 2 is 2.05 bits per heavy atom. The minimum atomic E-state index is 0.285. The summed E-state index contributed by atoms with van der Waals surface area (Å²) in [6.07, 6.45) is 3.60. The van der Waals surface area contributed by atoms with Gasteiger partial charge >= 0.3 is 0 Å². The molecule has 3 aromatic rings. The Morgan fingerprint density at radius 1 is 1.10 bits per heavy atom. The number of nitrogens with one attached hydrogen (secondary N) is 1. The average molecular weight is 265 g/mol. The topological polar surface area (TPSA) is 59.5 Å². The zero-order chi connectivity index (χ0) is 13.4. The van der Waals surface area contributed by atoms with E-state index < -0.39 is 0 Å².